The van der Waals surface area contributed by atoms with Crippen molar-refractivity contribution in [2.24, 2.45) is 11.8 Å². The van der Waals surface area contributed by atoms with Crippen LogP contribution in [0.25, 0.3) is 0 Å². The van der Waals surface area contributed by atoms with Crippen LogP contribution in [0.3, 0.4) is 0 Å². The van der Waals surface area contributed by atoms with Gasteiger partial charge in [-0.25, -0.2) is 13.1 Å². The summed E-state index contributed by atoms with van der Waals surface area (Å²) in [6.07, 6.45) is 12.7. The van der Waals surface area contributed by atoms with Crippen LogP contribution in [0.4, 0.5) is 0 Å². The number of sulfonamides is 1. The molecule has 1 aliphatic carbocycles. The van der Waals surface area contributed by atoms with Crippen molar-refractivity contribution in [1.29, 1.82) is 0 Å². The fourth-order valence-electron chi connectivity index (χ4n) is 3.58. The predicted molar refractivity (Wildman–Crippen MR) is 112 cm³/mol. The SMILES string of the molecule is CCCCC[C@@H](O)C=C[C@H]1[C@H](O)CC(=O)[C@@H]1CCCCC=CC(=O)NS(C)(=O)=O. The van der Waals surface area contributed by atoms with Crippen LogP contribution >= 0.6 is 0 Å². The van der Waals surface area contributed by atoms with Crippen molar-refractivity contribution < 1.29 is 28.2 Å². The zero-order valence-corrected chi connectivity index (χ0v) is 18.2. The molecule has 0 heterocycles. The molecule has 3 N–H and O–H groups in total. The third kappa shape index (κ3) is 10.7. The van der Waals surface area contributed by atoms with Gasteiger partial charge in [-0.1, -0.05) is 50.8 Å². The number of rotatable bonds is 13. The molecule has 1 saturated carbocycles. The second kappa shape index (κ2) is 12.9. The minimum Gasteiger partial charge on any atom is -0.392 e. The summed E-state index contributed by atoms with van der Waals surface area (Å²) in [4.78, 5) is 23.6. The first-order valence-electron chi connectivity index (χ1n) is 10.4. The summed E-state index contributed by atoms with van der Waals surface area (Å²) >= 11 is 0. The molecule has 0 bridgehead atoms. The van der Waals surface area contributed by atoms with E-state index in [1.54, 1.807) is 18.2 Å². The Kier molecular flexibility index (Phi) is 11.4. The summed E-state index contributed by atoms with van der Waals surface area (Å²) in [5, 5.41) is 20.2. The second-order valence-corrected chi connectivity index (χ2v) is 9.54. The van der Waals surface area contributed by atoms with Crippen molar-refractivity contribution in [3.8, 4) is 0 Å². The van der Waals surface area contributed by atoms with Crippen LogP contribution in [-0.2, 0) is 19.6 Å². The van der Waals surface area contributed by atoms with E-state index in [9.17, 15) is 28.2 Å². The summed E-state index contributed by atoms with van der Waals surface area (Å²) in [5.74, 6) is -1.14. The maximum atomic E-state index is 12.2. The minimum atomic E-state index is -3.55. The van der Waals surface area contributed by atoms with Gasteiger partial charge < -0.3 is 10.2 Å². The van der Waals surface area contributed by atoms with Crippen LogP contribution in [-0.4, -0.2) is 48.8 Å². The Balaban J connectivity index is 2.42. The van der Waals surface area contributed by atoms with Gasteiger partial charge in [0, 0.05) is 18.3 Å². The van der Waals surface area contributed by atoms with Gasteiger partial charge in [-0.3, -0.25) is 9.59 Å². The lowest BCUT2D eigenvalue weighted by molar-refractivity contribution is -0.121. The molecule has 0 aromatic carbocycles. The molecule has 7 nitrogen and oxygen atoms in total. The van der Waals surface area contributed by atoms with Gasteiger partial charge >= 0.3 is 0 Å². The number of aliphatic hydroxyl groups is 2. The molecule has 0 radical (unpaired) electrons. The molecule has 29 heavy (non-hydrogen) atoms. The molecule has 0 saturated heterocycles. The van der Waals surface area contributed by atoms with Crippen LogP contribution < -0.4 is 4.72 Å². The first-order chi connectivity index (χ1) is 13.6. The molecule has 0 aromatic rings. The minimum absolute atomic E-state index is 0.0516. The maximum absolute atomic E-state index is 12.2. The monoisotopic (exact) mass is 429 g/mol. The number of Topliss-reactive ketones (excluding diaryl/α,β-unsaturated/α-hetero) is 1. The van der Waals surface area contributed by atoms with Crippen LogP contribution in [0.2, 0.25) is 0 Å². The van der Waals surface area contributed by atoms with Gasteiger partial charge in [0.2, 0.25) is 10.0 Å². The second-order valence-electron chi connectivity index (χ2n) is 7.79. The molecule has 166 valence electrons. The number of carbonyl (C=O) groups is 2. The summed E-state index contributed by atoms with van der Waals surface area (Å²) in [5.41, 5.74) is 0. The number of carbonyl (C=O) groups excluding carboxylic acids is 2. The van der Waals surface area contributed by atoms with E-state index in [4.69, 9.17) is 0 Å². The predicted octanol–water partition coefficient (Wildman–Crippen LogP) is 2.24. The molecule has 0 unspecified atom stereocenters. The van der Waals surface area contributed by atoms with Gasteiger partial charge in [0.15, 0.2) is 0 Å². The molecule has 1 fully saturated rings. The number of hydrogen-bond acceptors (Lipinski definition) is 6. The van der Waals surface area contributed by atoms with E-state index in [-0.39, 0.29) is 24.0 Å². The van der Waals surface area contributed by atoms with E-state index < -0.39 is 28.1 Å². The third-order valence-corrected chi connectivity index (χ3v) is 5.65. The van der Waals surface area contributed by atoms with E-state index in [0.717, 1.165) is 38.4 Å². The summed E-state index contributed by atoms with van der Waals surface area (Å²) in [7, 11) is -3.55. The Labute approximate surface area is 174 Å². The van der Waals surface area contributed by atoms with Crippen molar-refractivity contribution in [3.63, 3.8) is 0 Å². The number of hydrogen-bond donors (Lipinski definition) is 3. The van der Waals surface area contributed by atoms with E-state index in [1.165, 1.54) is 6.08 Å². The highest BCUT2D eigenvalue weighted by Crippen LogP contribution is 2.34. The highest BCUT2D eigenvalue weighted by atomic mass is 32.2. The van der Waals surface area contributed by atoms with Gasteiger partial charge in [-0.15, -0.1) is 0 Å². The molecular formula is C21H35NO6S. The number of nitrogens with one attached hydrogen (secondary N) is 1. The fourth-order valence-corrected chi connectivity index (χ4v) is 4.02. The van der Waals surface area contributed by atoms with Gasteiger partial charge in [0.1, 0.15) is 5.78 Å². The lowest BCUT2D eigenvalue weighted by atomic mass is 9.88. The summed E-state index contributed by atoms with van der Waals surface area (Å²) in [6, 6.07) is 0. The molecule has 1 amide bonds. The first-order valence-corrected chi connectivity index (χ1v) is 12.3. The smallest absolute Gasteiger partial charge is 0.257 e. The molecule has 4 atom stereocenters. The van der Waals surface area contributed by atoms with E-state index >= 15 is 0 Å². The number of aliphatic hydroxyl groups excluding tert-OH is 2. The molecule has 1 aliphatic rings. The Morgan fingerprint density at radius 2 is 2.00 bits per heavy atom. The Bertz CT molecular complexity index is 685. The highest BCUT2D eigenvalue weighted by Gasteiger charge is 2.39. The quantitative estimate of drug-likeness (QED) is 0.235. The van der Waals surface area contributed by atoms with Gasteiger partial charge in [-0.2, -0.15) is 0 Å². The fraction of sp³-hybridized carbons (Fsp3) is 0.714. The maximum Gasteiger partial charge on any atom is 0.257 e. The molecule has 0 aromatic heterocycles. The zero-order chi connectivity index (χ0) is 21.9. The lowest BCUT2D eigenvalue weighted by Crippen LogP contribution is -2.27. The molecule has 8 heteroatoms. The largest absolute Gasteiger partial charge is 0.392 e. The third-order valence-electron chi connectivity index (χ3n) is 5.08. The number of ketones is 1. The van der Waals surface area contributed by atoms with Gasteiger partial charge in [0.25, 0.3) is 5.91 Å². The van der Waals surface area contributed by atoms with E-state index in [2.05, 4.69) is 6.92 Å². The van der Waals surface area contributed by atoms with Crippen LogP contribution in [0.5, 0.6) is 0 Å². The van der Waals surface area contributed by atoms with Crippen LogP contribution in [0.15, 0.2) is 24.3 Å². The van der Waals surface area contributed by atoms with Crippen LogP contribution in [0.1, 0.15) is 64.7 Å². The van der Waals surface area contributed by atoms with E-state index in [1.807, 2.05) is 4.72 Å². The van der Waals surface area contributed by atoms with Crippen molar-refractivity contribution in [2.45, 2.75) is 76.9 Å². The van der Waals surface area contributed by atoms with Crippen molar-refractivity contribution in [2.75, 3.05) is 6.26 Å². The Morgan fingerprint density at radius 1 is 1.28 bits per heavy atom. The summed E-state index contributed by atoms with van der Waals surface area (Å²) < 4.78 is 23.7. The molecule has 0 aliphatic heterocycles. The van der Waals surface area contributed by atoms with Crippen LogP contribution in [0, 0.1) is 11.8 Å². The highest BCUT2D eigenvalue weighted by molar-refractivity contribution is 7.89. The lowest BCUT2D eigenvalue weighted by Gasteiger charge is -2.18. The zero-order valence-electron chi connectivity index (χ0n) is 17.4. The average Bonchev–Trinajstić information content (AvgIpc) is 2.87. The van der Waals surface area contributed by atoms with Gasteiger partial charge in [-0.05, 0) is 31.8 Å². The number of unbranched alkanes of at least 4 members (excludes halogenated alkanes) is 4. The topological polar surface area (TPSA) is 121 Å². The molecular weight excluding hydrogens is 394 g/mol. The number of allylic oxidation sites excluding steroid dienone is 1. The van der Waals surface area contributed by atoms with Crippen molar-refractivity contribution >= 4 is 21.7 Å². The average molecular weight is 430 g/mol. The van der Waals surface area contributed by atoms with Crippen molar-refractivity contribution in [3.05, 3.63) is 24.3 Å². The summed E-state index contributed by atoms with van der Waals surface area (Å²) in [6.45, 7) is 2.10. The van der Waals surface area contributed by atoms with Crippen molar-refractivity contribution in [1.82, 2.24) is 4.72 Å². The Morgan fingerprint density at radius 3 is 2.66 bits per heavy atom. The first kappa shape index (κ1) is 25.5. The van der Waals surface area contributed by atoms with E-state index in [0.29, 0.717) is 19.3 Å². The molecule has 1 rings (SSSR count). The standard InChI is InChI=1S/C21H35NO6S/c1-3-4-7-10-16(23)13-14-18-17(19(24)15-20(18)25)11-8-5-6-9-12-21(26)22-29(2,27)28/h9,12-14,16-18,20,23,25H,3-8,10-11,15H2,1-2H3,(H,22,26)/t16-,17-,18-,20-/m1/s1. The molecule has 0 spiro atoms. The van der Waals surface area contributed by atoms with Gasteiger partial charge in [0.05, 0.1) is 18.5 Å². The Hall–Kier alpha value is -1.51. The number of amides is 1. The normalized spacial score (nSPS) is 23.9.